The molecule has 0 fully saturated rings. The molecule has 0 atom stereocenters. The van der Waals surface area contributed by atoms with Gasteiger partial charge in [0.15, 0.2) is 0 Å². The predicted molar refractivity (Wildman–Crippen MR) is 96.1 cm³/mol. The van der Waals surface area contributed by atoms with Crippen molar-refractivity contribution in [1.29, 1.82) is 0 Å². The minimum Gasteiger partial charge on any atom is -0.378 e. The number of hydrogen-bond acceptors (Lipinski definition) is 7. The molecule has 0 aliphatic heterocycles. The Kier molecular flexibility index (Phi) is 5.26. The Morgan fingerprint density at radius 3 is 1.69 bits per heavy atom. The number of rotatable bonds is 6. The molecule has 2 aromatic carbocycles. The summed E-state index contributed by atoms with van der Waals surface area (Å²) in [5, 5.41) is 33.3. The Bertz CT molecular complexity index is 870. The lowest BCUT2D eigenvalue weighted by Gasteiger charge is -2.11. The van der Waals surface area contributed by atoms with E-state index in [1.807, 2.05) is 31.1 Å². The lowest BCUT2D eigenvalue weighted by atomic mass is 10.1. The Labute approximate surface area is 147 Å². The predicted octanol–water partition coefficient (Wildman–Crippen LogP) is 3.65. The average molecular weight is 358 g/mol. The van der Waals surface area contributed by atoms with Gasteiger partial charge in [-0.25, -0.2) is 0 Å². The van der Waals surface area contributed by atoms with E-state index >= 15 is 0 Å². The molecule has 0 radical (unpaired) electrons. The van der Waals surface area contributed by atoms with Crippen LogP contribution in [0.15, 0.2) is 36.4 Å². The van der Waals surface area contributed by atoms with E-state index in [2.05, 4.69) is 0 Å². The Hall–Kier alpha value is -3.82. The fourth-order valence-electron chi connectivity index (χ4n) is 2.25. The van der Waals surface area contributed by atoms with Gasteiger partial charge in [0.2, 0.25) is 0 Å². The highest BCUT2D eigenvalue weighted by Crippen LogP contribution is 2.35. The first-order valence-corrected chi connectivity index (χ1v) is 7.27. The summed E-state index contributed by atoms with van der Waals surface area (Å²) < 4.78 is 0. The van der Waals surface area contributed by atoms with Gasteiger partial charge in [0.05, 0.1) is 26.9 Å². The topological polar surface area (TPSA) is 133 Å². The van der Waals surface area contributed by atoms with Gasteiger partial charge in [-0.2, -0.15) is 0 Å². The Morgan fingerprint density at radius 2 is 1.31 bits per heavy atom. The molecule has 0 N–H and O–H groups in total. The van der Waals surface area contributed by atoms with Gasteiger partial charge in [-0.1, -0.05) is 18.2 Å². The number of nitro benzene ring substituents is 3. The van der Waals surface area contributed by atoms with Gasteiger partial charge >= 0.3 is 0 Å². The van der Waals surface area contributed by atoms with E-state index in [-0.39, 0.29) is 5.56 Å². The van der Waals surface area contributed by atoms with E-state index in [9.17, 15) is 30.3 Å². The van der Waals surface area contributed by atoms with Crippen LogP contribution in [0.4, 0.5) is 22.7 Å². The van der Waals surface area contributed by atoms with Crippen LogP contribution < -0.4 is 4.90 Å². The van der Waals surface area contributed by atoms with Gasteiger partial charge in [0.25, 0.3) is 17.1 Å². The number of anilines is 1. The largest absolute Gasteiger partial charge is 0.378 e. The number of nitro groups is 3. The van der Waals surface area contributed by atoms with Gasteiger partial charge in [0.1, 0.15) is 5.56 Å². The second-order valence-electron chi connectivity index (χ2n) is 5.49. The number of nitrogens with zero attached hydrogens (tertiary/aromatic N) is 4. The highest BCUT2D eigenvalue weighted by molar-refractivity contribution is 5.81. The molecule has 134 valence electrons. The molecule has 10 nitrogen and oxygen atoms in total. The average Bonchev–Trinajstić information content (AvgIpc) is 2.59. The summed E-state index contributed by atoms with van der Waals surface area (Å²) in [6, 6.07) is 8.55. The third-order valence-electron chi connectivity index (χ3n) is 3.58. The first-order valence-electron chi connectivity index (χ1n) is 7.27. The molecule has 26 heavy (non-hydrogen) atoms. The molecule has 0 aliphatic rings. The van der Waals surface area contributed by atoms with Gasteiger partial charge in [-0.3, -0.25) is 30.3 Å². The molecule has 0 spiro atoms. The van der Waals surface area contributed by atoms with Crippen LogP contribution in [-0.2, 0) is 0 Å². The van der Waals surface area contributed by atoms with Crippen molar-refractivity contribution < 1.29 is 14.8 Å². The molecule has 0 amide bonds. The molecular weight excluding hydrogens is 344 g/mol. The molecule has 0 aromatic heterocycles. The van der Waals surface area contributed by atoms with Crippen LogP contribution in [-0.4, -0.2) is 28.9 Å². The van der Waals surface area contributed by atoms with Crippen molar-refractivity contribution in [2.24, 2.45) is 0 Å². The molecular formula is C16H14N4O6. The third kappa shape index (κ3) is 3.98. The van der Waals surface area contributed by atoms with E-state index in [1.165, 1.54) is 12.2 Å². The zero-order valence-corrected chi connectivity index (χ0v) is 13.9. The van der Waals surface area contributed by atoms with Crippen molar-refractivity contribution in [2.75, 3.05) is 19.0 Å². The van der Waals surface area contributed by atoms with Crippen molar-refractivity contribution in [3.63, 3.8) is 0 Å². The first kappa shape index (κ1) is 18.5. The monoisotopic (exact) mass is 358 g/mol. The van der Waals surface area contributed by atoms with Gasteiger partial charge in [-0.05, 0) is 23.8 Å². The van der Waals surface area contributed by atoms with Gasteiger partial charge < -0.3 is 4.90 Å². The highest BCUT2D eigenvalue weighted by Gasteiger charge is 2.28. The van der Waals surface area contributed by atoms with Crippen LogP contribution in [0.2, 0.25) is 0 Å². The zero-order chi connectivity index (χ0) is 19.4. The summed E-state index contributed by atoms with van der Waals surface area (Å²) in [6.07, 6.45) is 2.69. The summed E-state index contributed by atoms with van der Waals surface area (Å²) in [7, 11) is 3.74. The van der Waals surface area contributed by atoms with Crippen molar-refractivity contribution in [3.8, 4) is 0 Å². The Morgan fingerprint density at radius 1 is 0.808 bits per heavy atom. The molecule has 0 heterocycles. The number of benzene rings is 2. The van der Waals surface area contributed by atoms with Crippen LogP contribution >= 0.6 is 0 Å². The highest BCUT2D eigenvalue weighted by atomic mass is 16.6. The summed E-state index contributed by atoms with van der Waals surface area (Å²) >= 11 is 0. The van der Waals surface area contributed by atoms with Crippen LogP contribution in [0.3, 0.4) is 0 Å². The molecule has 2 rings (SSSR count). The molecule has 0 unspecified atom stereocenters. The fraction of sp³-hybridized carbons (Fsp3) is 0.125. The van der Waals surface area contributed by atoms with E-state index in [1.54, 1.807) is 12.1 Å². The standard InChI is InChI=1S/C16H14N4O6/c1-17(2)12-6-3-11(4-7-12)5-8-14-15(19(23)24)9-13(18(21)22)10-16(14)20(25)26/h3-10H,1-2H3/b8-5+. The van der Waals surface area contributed by atoms with Crippen molar-refractivity contribution >= 4 is 34.9 Å². The third-order valence-corrected chi connectivity index (χ3v) is 3.58. The molecule has 0 aliphatic carbocycles. The lowest BCUT2D eigenvalue weighted by molar-refractivity contribution is -0.403. The van der Waals surface area contributed by atoms with Crippen molar-refractivity contribution in [1.82, 2.24) is 0 Å². The maximum absolute atomic E-state index is 11.2. The van der Waals surface area contributed by atoms with Crippen LogP contribution in [0.1, 0.15) is 11.1 Å². The van der Waals surface area contributed by atoms with Gasteiger partial charge in [0, 0.05) is 19.8 Å². The normalized spacial score (nSPS) is 10.7. The van der Waals surface area contributed by atoms with Crippen LogP contribution in [0.5, 0.6) is 0 Å². The number of hydrogen-bond donors (Lipinski definition) is 0. The second-order valence-corrected chi connectivity index (χ2v) is 5.49. The maximum Gasteiger partial charge on any atom is 0.290 e. The summed E-state index contributed by atoms with van der Waals surface area (Å²) in [5.41, 5.74) is -0.815. The maximum atomic E-state index is 11.2. The van der Waals surface area contributed by atoms with E-state index < -0.39 is 31.8 Å². The molecule has 0 saturated carbocycles. The smallest absolute Gasteiger partial charge is 0.290 e. The van der Waals surface area contributed by atoms with E-state index in [0.717, 1.165) is 5.69 Å². The zero-order valence-electron chi connectivity index (χ0n) is 13.9. The molecule has 0 saturated heterocycles. The second kappa shape index (κ2) is 7.38. The van der Waals surface area contributed by atoms with Crippen molar-refractivity contribution in [3.05, 3.63) is 77.9 Å². The van der Waals surface area contributed by atoms with Crippen molar-refractivity contribution in [2.45, 2.75) is 0 Å². The molecule has 0 bridgehead atoms. The fourth-order valence-corrected chi connectivity index (χ4v) is 2.25. The Balaban J connectivity index is 2.54. The first-order chi connectivity index (χ1) is 12.2. The lowest BCUT2D eigenvalue weighted by Crippen LogP contribution is -2.07. The molecule has 2 aromatic rings. The summed E-state index contributed by atoms with van der Waals surface area (Å²) in [5.74, 6) is 0. The van der Waals surface area contributed by atoms with E-state index in [4.69, 9.17) is 0 Å². The quantitative estimate of drug-likeness (QED) is 0.437. The summed E-state index contributed by atoms with van der Waals surface area (Å²) in [4.78, 5) is 32.5. The summed E-state index contributed by atoms with van der Waals surface area (Å²) in [6.45, 7) is 0. The molecule has 10 heteroatoms. The SMILES string of the molecule is CN(C)c1ccc(/C=C/c2c([N+](=O)[O-])cc([N+](=O)[O-])cc2[N+](=O)[O-])cc1. The van der Waals surface area contributed by atoms with Crippen LogP contribution in [0.25, 0.3) is 12.2 Å². The van der Waals surface area contributed by atoms with Gasteiger partial charge in [-0.15, -0.1) is 0 Å². The van der Waals surface area contributed by atoms with Crippen LogP contribution in [0, 0.1) is 30.3 Å². The van der Waals surface area contributed by atoms with E-state index in [0.29, 0.717) is 17.7 Å². The number of non-ortho nitro benzene ring substituents is 1. The minimum absolute atomic E-state index is 0.303. The minimum atomic E-state index is -0.909.